The molecule has 2 aromatic carbocycles. The predicted molar refractivity (Wildman–Crippen MR) is 103 cm³/mol. The predicted octanol–water partition coefficient (Wildman–Crippen LogP) is 4.33. The van der Waals surface area contributed by atoms with Gasteiger partial charge in [-0.2, -0.15) is 0 Å². The highest BCUT2D eigenvalue weighted by molar-refractivity contribution is 5.95. The van der Waals surface area contributed by atoms with Gasteiger partial charge in [0.25, 0.3) is 5.91 Å². The second kappa shape index (κ2) is 7.81. The molecule has 0 saturated heterocycles. The summed E-state index contributed by atoms with van der Waals surface area (Å²) in [5.41, 5.74) is 1.96. The smallest absolute Gasteiger partial charge is 0.251 e. The second-order valence-corrected chi connectivity index (χ2v) is 7.21. The zero-order valence-corrected chi connectivity index (χ0v) is 15.7. The molecule has 1 aliphatic rings. The van der Waals surface area contributed by atoms with Crippen LogP contribution in [0.2, 0.25) is 0 Å². The minimum atomic E-state index is -0.0818. The Labute approximate surface area is 155 Å². The molecule has 4 heteroatoms. The highest BCUT2D eigenvalue weighted by atomic mass is 16.5. The minimum Gasteiger partial charge on any atom is -0.493 e. The summed E-state index contributed by atoms with van der Waals surface area (Å²) in [6.45, 7) is 4.58. The maximum absolute atomic E-state index is 12.7. The van der Waals surface area contributed by atoms with Crippen LogP contribution < -0.4 is 14.8 Å². The lowest BCUT2D eigenvalue weighted by Gasteiger charge is -2.42. The van der Waals surface area contributed by atoms with E-state index in [4.69, 9.17) is 9.47 Å². The molecule has 26 heavy (non-hydrogen) atoms. The maximum Gasteiger partial charge on any atom is 0.251 e. The van der Waals surface area contributed by atoms with Gasteiger partial charge in [0.15, 0.2) is 11.5 Å². The van der Waals surface area contributed by atoms with E-state index < -0.39 is 0 Å². The van der Waals surface area contributed by atoms with Gasteiger partial charge in [-0.15, -0.1) is 0 Å². The molecule has 0 radical (unpaired) electrons. The molecule has 3 rings (SSSR count). The normalized spacial score (nSPS) is 15.2. The van der Waals surface area contributed by atoms with Gasteiger partial charge in [0, 0.05) is 17.5 Å². The Balaban J connectivity index is 1.70. The summed E-state index contributed by atoms with van der Waals surface area (Å²) in [5, 5.41) is 3.12. The number of benzene rings is 2. The van der Waals surface area contributed by atoms with Gasteiger partial charge in [0.2, 0.25) is 0 Å². The van der Waals surface area contributed by atoms with Crippen molar-refractivity contribution < 1.29 is 14.3 Å². The fraction of sp³-hybridized carbons (Fsp3) is 0.409. The molecular weight excluding hydrogens is 326 g/mol. The number of hydrogen-bond donors (Lipinski definition) is 1. The van der Waals surface area contributed by atoms with Crippen molar-refractivity contribution in [2.75, 3.05) is 13.7 Å². The lowest BCUT2D eigenvalue weighted by molar-refractivity contribution is 0.0927. The van der Waals surface area contributed by atoms with Crippen LogP contribution in [0, 0.1) is 0 Å². The fourth-order valence-electron chi connectivity index (χ4n) is 3.47. The summed E-state index contributed by atoms with van der Waals surface area (Å²) in [4.78, 5) is 12.7. The van der Waals surface area contributed by atoms with Crippen molar-refractivity contribution in [1.82, 2.24) is 5.32 Å². The van der Waals surface area contributed by atoms with Crippen LogP contribution in [-0.2, 0) is 5.41 Å². The summed E-state index contributed by atoms with van der Waals surface area (Å²) in [6, 6.07) is 15.8. The third-order valence-electron chi connectivity index (χ3n) is 5.07. The molecular formula is C22H27NO3. The molecule has 1 N–H and O–H groups in total. The molecule has 2 aromatic rings. The van der Waals surface area contributed by atoms with Gasteiger partial charge >= 0.3 is 0 Å². The molecule has 0 aliphatic heterocycles. The molecule has 138 valence electrons. The summed E-state index contributed by atoms with van der Waals surface area (Å²) in [5.74, 6) is 1.15. The van der Waals surface area contributed by atoms with E-state index in [9.17, 15) is 4.79 Å². The standard InChI is InChI=1S/C22H27NO3/c1-16(2)26-19-11-10-17(14-20(19)25-3)21(24)23-15-22(12-7-13-22)18-8-5-4-6-9-18/h4-6,8-11,14,16H,7,12-13,15H2,1-3H3,(H,23,24). The first-order valence-corrected chi connectivity index (χ1v) is 9.22. The molecule has 0 spiro atoms. The van der Waals surface area contributed by atoms with Crippen LogP contribution in [0.5, 0.6) is 11.5 Å². The van der Waals surface area contributed by atoms with E-state index in [-0.39, 0.29) is 17.4 Å². The van der Waals surface area contributed by atoms with Crippen LogP contribution in [0.25, 0.3) is 0 Å². The monoisotopic (exact) mass is 353 g/mol. The van der Waals surface area contributed by atoms with Crippen LogP contribution in [0.1, 0.15) is 49.0 Å². The van der Waals surface area contributed by atoms with E-state index in [1.54, 1.807) is 25.3 Å². The summed E-state index contributed by atoms with van der Waals surface area (Å²) in [7, 11) is 1.59. The highest BCUT2D eigenvalue weighted by Crippen LogP contribution is 2.43. The first-order valence-electron chi connectivity index (χ1n) is 9.22. The van der Waals surface area contributed by atoms with Gasteiger partial charge in [-0.1, -0.05) is 36.8 Å². The first kappa shape index (κ1) is 18.3. The Hall–Kier alpha value is -2.49. The molecule has 0 bridgehead atoms. The van der Waals surface area contributed by atoms with E-state index in [2.05, 4.69) is 29.6 Å². The van der Waals surface area contributed by atoms with E-state index >= 15 is 0 Å². The van der Waals surface area contributed by atoms with E-state index in [0.29, 0.717) is 23.6 Å². The SMILES string of the molecule is COc1cc(C(=O)NCC2(c3ccccc3)CCC2)ccc1OC(C)C. The lowest BCUT2D eigenvalue weighted by atomic mass is 9.64. The van der Waals surface area contributed by atoms with Gasteiger partial charge < -0.3 is 14.8 Å². The van der Waals surface area contributed by atoms with Crippen LogP contribution in [0.15, 0.2) is 48.5 Å². The molecule has 1 saturated carbocycles. The van der Waals surface area contributed by atoms with Crippen molar-refractivity contribution in [3.8, 4) is 11.5 Å². The average Bonchev–Trinajstić information content (AvgIpc) is 2.61. The van der Waals surface area contributed by atoms with Gasteiger partial charge in [-0.3, -0.25) is 4.79 Å². The van der Waals surface area contributed by atoms with Crippen LogP contribution in [-0.4, -0.2) is 25.7 Å². The molecule has 0 aromatic heterocycles. The van der Waals surface area contributed by atoms with E-state index in [0.717, 1.165) is 12.8 Å². The van der Waals surface area contributed by atoms with Gasteiger partial charge in [0.05, 0.1) is 13.2 Å². The summed E-state index contributed by atoms with van der Waals surface area (Å²) >= 11 is 0. The first-order chi connectivity index (χ1) is 12.5. The third kappa shape index (κ3) is 3.85. The van der Waals surface area contributed by atoms with Crippen molar-refractivity contribution in [3.63, 3.8) is 0 Å². The molecule has 1 aliphatic carbocycles. The Kier molecular flexibility index (Phi) is 5.50. The number of nitrogens with one attached hydrogen (secondary N) is 1. The number of methoxy groups -OCH3 is 1. The van der Waals surface area contributed by atoms with Gasteiger partial charge in [0.1, 0.15) is 0 Å². The molecule has 0 atom stereocenters. The molecule has 1 amide bonds. The van der Waals surface area contributed by atoms with Crippen LogP contribution in [0.3, 0.4) is 0 Å². The number of carbonyl (C=O) groups excluding carboxylic acids is 1. The largest absolute Gasteiger partial charge is 0.493 e. The second-order valence-electron chi connectivity index (χ2n) is 7.21. The maximum atomic E-state index is 12.7. The van der Waals surface area contributed by atoms with Gasteiger partial charge in [-0.25, -0.2) is 0 Å². The van der Waals surface area contributed by atoms with Crippen molar-refractivity contribution in [1.29, 1.82) is 0 Å². The number of hydrogen-bond acceptors (Lipinski definition) is 3. The molecule has 0 heterocycles. The third-order valence-corrected chi connectivity index (χ3v) is 5.07. The highest BCUT2D eigenvalue weighted by Gasteiger charge is 2.38. The Morgan fingerprint density at radius 3 is 2.42 bits per heavy atom. The quantitative estimate of drug-likeness (QED) is 0.806. The van der Waals surface area contributed by atoms with E-state index in [1.165, 1.54) is 12.0 Å². The van der Waals surface area contributed by atoms with E-state index in [1.807, 2.05) is 19.9 Å². The summed E-state index contributed by atoms with van der Waals surface area (Å²) in [6.07, 6.45) is 3.48. The Morgan fingerprint density at radius 2 is 1.85 bits per heavy atom. The fourth-order valence-corrected chi connectivity index (χ4v) is 3.47. The number of ether oxygens (including phenoxy) is 2. The minimum absolute atomic E-state index is 0.0490. The van der Waals surface area contributed by atoms with Crippen molar-refractivity contribution in [2.45, 2.75) is 44.6 Å². The Bertz CT molecular complexity index is 751. The molecule has 0 unspecified atom stereocenters. The molecule has 1 fully saturated rings. The topological polar surface area (TPSA) is 47.6 Å². The van der Waals surface area contributed by atoms with Crippen molar-refractivity contribution in [2.24, 2.45) is 0 Å². The Morgan fingerprint density at radius 1 is 1.12 bits per heavy atom. The number of rotatable bonds is 7. The molecule has 4 nitrogen and oxygen atoms in total. The average molecular weight is 353 g/mol. The van der Waals surface area contributed by atoms with Crippen LogP contribution >= 0.6 is 0 Å². The number of amides is 1. The lowest BCUT2D eigenvalue weighted by Crippen LogP contribution is -2.45. The van der Waals surface area contributed by atoms with Crippen molar-refractivity contribution in [3.05, 3.63) is 59.7 Å². The zero-order chi connectivity index (χ0) is 18.6. The zero-order valence-electron chi connectivity index (χ0n) is 15.7. The van der Waals surface area contributed by atoms with Crippen molar-refractivity contribution >= 4 is 5.91 Å². The number of carbonyl (C=O) groups is 1. The van der Waals surface area contributed by atoms with Gasteiger partial charge in [-0.05, 0) is 50.5 Å². The summed E-state index contributed by atoms with van der Waals surface area (Å²) < 4.78 is 11.1. The van der Waals surface area contributed by atoms with Crippen LogP contribution in [0.4, 0.5) is 0 Å².